The van der Waals surface area contributed by atoms with Gasteiger partial charge in [0.1, 0.15) is 7.28 Å². The van der Waals surface area contributed by atoms with E-state index in [4.69, 9.17) is 0 Å². The lowest BCUT2D eigenvalue weighted by Crippen LogP contribution is -2.94. The molecular formula is C23H20B. The molecule has 11 rings (SSSR count). The molecule has 0 aromatic heterocycles. The Morgan fingerprint density at radius 1 is 1.08 bits per heavy atom. The van der Waals surface area contributed by atoms with Gasteiger partial charge in [-0.05, 0) is 84.3 Å². The topological polar surface area (TPSA) is 0 Å². The van der Waals surface area contributed by atoms with Gasteiger partial charge < -0.3 is 0 Å². The Balaban J connectivity index is 1.52. The molecule has 0 nitrogen and oxygen atoms in total. The Morgan fingerprint density at radius 2 is 2.08 bits per heavy atom. The van der Waals surface area contributed by atoms with Crippen molar-refractivity contribution in [2.45, 2.75) is 44.2 Å². The van der Waals surface area contributed by atoms with E-state index in [0.717, 1.165) is 57.6 Å². The van der Waals surface area contributed by atoms with Crippen molar-refractivity contribution in [1.29, 1.82) is 0 Å². The predicted octanol–water partition coefficient (Wildman–Crippen LogP) is 4.16. The molecule has 2 heterocycles. The lowest BCUT2D eigenvalue weighted by molar-refractivity contribution is -0.386. The van der Waals surface area contributed by atoms with Gasteiger partial charge in [0.25, 0.3) is 0 Å². The Bertz CT molecular complexity index is 1020. The molecule has 0 aromatic carbocycles. The summed E-state index contributed by atoms with van der Waals surface area (Å²) in [5.74, 6) is 7.45. The van der Waals surface area contributed by atoms with E-state index in [1.165, 1.54) is 12.7 Å². The SMILES string of the molecule is [B]1CCC23C4=C5/C=C6/CCC78C9=C4C72C2C1C1CC(CC9C6C28)C513. The molecule has 11 aliphatic rings. The smallest absolute Gasteiger partial charge is 0.0790 e. The van der Waals surface area contributed by atoms with E-state index < -0.39 is 0 Å². The Kier molecular flexibility index (Phi) is 0.970. The average molecular weight is 307 g/mol. The monoisotopic (exact) mass is 307 g/mol. The molecule has 2 aliphatic heterocycles. The second kappa shape index (κ2) is 2.23. The van der Waals surface area contributed by atoms with E-state index >= 15 is 0 Å². The summed E-state index contributed by atoms with van der Waals surface area (Å²) in [5, 5.41) is 0. The van der Waals surface area contributed by atoms with Gasteiger partial charge in [0.15, 0.2) is 0 Å². The lowest BCUT2D eigenvalue weighted by atomic mass is 9.02. The highest BCUT2D eigenvalue weighted by Crippen LogP contribution is 3.12. The highest BCUT2D eigenvalue weighted by Gasteiger charge is 3.06. The number of fused-ring (bicyclic) bond motifs is 4. The molecule has 2 saturated heterocycles. The van der Waals surface area contributed by atoms with Crippen LogP contribution in [0.2, 0.25) is 12.1 Å². The third-order valence-electron chi connectivity index (χ3n) is 13.0. The Morgan fingerprint density at radius 3 is 3.08 bits per heavy atom. The molecular weight excluding hydrogens is 287 g/mol. The summed E-state index contributed by atoms with van der Waals surface area (Å²) in [4.78, 5) is 0. The molecule has 115 valence electrons. The van der Waals surface area contributed by atoms with Crippen molar-refractivity contribution in [2.24, 2.45) is 57.2 Å². The third-order valence-corrected chi connectivity index (χ3v) is 13.0. The van der Waals surface area contributed by atoms with E-state index in [2.05, 4.69) is 24.5 Å². The zero-order valence-corrected chi connectivity index (χ0v) is 13.9. The normalized spacial score (nSPS) is 80.5. The van der Waals surface area contributed by atoms with Crippen LogP contribution in [0.4, 0.5) is 0 Å². The van der Waals surface area contributed by atoms with E-state index in [1.54, 1.807) is 25.7 Å². The Labute approximate surface area is 143 Å². The molecule has 4 bridgehead atoms. The maximum Gasteiger partial charge on any atom is 0.114 e. The van der Waals surface area contributed by atoms with Gasteiger partial charge in [0.2, 0.25) is 0 Å². The van der Waals surface area contributed by atoms with Crippen LogP contribution in [0.5, 0.6) is 0 Å². The van der Waals surface area contributed by atoms with Crippen molar-refractivity contribution in [1.82, 2.24) is 0 Å². The summed E-state index contributed by atoms with van der Waals surface area (Å²) < 4.78 is 0. The fraction of sp³-hybridized carbons (Fsp3) is 0.739. The van der Waals surface area contributed by atoms with Gasteiger partial charge in [-0.1, -0.05) is 29.4 Å². The molecule has 4 spiro atoms. The second-order valence-corrected chi connectivity index (χ2v) is 11.7. The minimum atomic E-state index is 0.714. The van der Waals surface area contributed by atoms with Crippen molar-refractivity contribution in [3.05, 3.63) is 33.9 Å². The predicted molar refractivity (Wildman–Crippen MR) is 90.2 cm³/mol. The summed E-state index contributed by atoms with van der Waals surface area (Å²) in [6.45, 7) is 0. The van der Waals surface area contributed by atoms with Crippen molar-refractivity contribution >= 4 is 7.28 Å². The zero-order valence-electron chi connectivity index (χ0n) is 13.9. The molecule has 11 atom stereocenters. The molecule has 6 saturated carbocycles. The average Bonchev–Trinajstić information content (AvgIpc) is 2.63. The summed E-state index contributed by atoms with van der Waals surface area (Å²) >= 11 is 0. The first-order valence-corrected chi connectivity index (χ1v) is 10.9. The van der Waals surface area contributed by atoms with Crippen molar-refractivity contribution in [3.63, 3.8) is 0 Å². The van der Waals surface area contributed by atoms with Gasteiger partial charge in [-0.25, -0.2) is 0 Å². The molecule has 11 unspecified atom stereocenters. The third kappa shape index (κ3) is 0.451. The first kappa shape index (κ1) is 10.4. The van der Waals surface area contributed by atoms with Crippen LogP contribution in [0.25, 0.3) is 0 Å². The highest BCUT2D eigenvalue weighted by atomic mass is 15.1. The summed E-state index contributed by atoms with van der Waals surface area (Å²) in [7, 11) is 2.91. The van der Waals surface area contributed by atoms with Gasteiger partial charge in [-0.3, -0.25) is 0 Å². The van der Waals surface area contributed by atoms with Crippen LogP contribution in [-0.2, 0) is 0 Å². The second-order valence-electron chi connectivity index (χ2n) is 11.7. The standard InChI is InChI=1S/C23H20B/c1-2-20-14-10-6-9-7-12-19-18-16(20)13(10)8(1)5-11-15-17(14)23(18,20)21(15,3-4-24-19)22(9,11)12/h5,9-10,12-13,16,18-19H,1-4,6-7H2/b8-5-. The van der Waals surface area contributed by atoms with E-state index in [0.29, 0.717) is 5.41 Å². The van der Waals surface area contributed by atoms with Crippen LogP contribution in [-0.4, -0.2) is 7.28 Å². The fourth-order valence-corrected chi connectivity index (χ4v) is 13.9. The van der Waals surface area contributed by atoms with E-state index in [1.807, 2.05) is 16.7 Å². The van der Waals surface area contributed by atoms with Gasteiger partial charge in [-0.2, -0.15) is 0 Å². The van der Waals surface area contributed by atoms with Crippen molar-refractivity contribution in [3.8, 4) is 0 Å². The number of allylic oxidation sites excluding steroid dienone is 6. The first-order chi connectivity index (χ1) is 11.9. The van der Waals surface area contributed by atoms with Crippen LogP contribution in [0.1, 0.15) is 32.1 Å². The number of hydrogen-bond acceptors (Lipinski definition) is 0. The maximum absolute atomic E-state index is 2.91. The van der Waals surface area contributed by atoms with Crippen LogP contribution in [0, 0.1) is 57.2 Å². The molecule has 8 fully saturated rings. The summed E-state index contributed by atoms with van der Waals surface area (Å²) in [6.07, 6.45) is 12.2. The van der Waals surface area contributed by atoms with Crippen LogP contribution in [0.3, 0.4) is 0 Å². The largest absolute Gasteiger partial charge is 0.114 e. The van der Waals surface area contributed by atoms with E-state index in [-0.39, 0.29) is 0 Å². The minimum Gasteiger partial charge on any atom is -0.0790 e. The molecule has 0 N–H and O–H groups in total. The highest BCUT2D eigenvalue weighted by molar-refractivity contribution is 6.38. The number of hydrogen-bond donors (Lipinski definition) is 0. The summed E-state index contributed by atoms with van der Waals surface area (Å²) in [6, 6.07) is 0. The van der Waals surface area contributed by atoms with E-state index in [9.17, 15) is 0 Å². The van der Waals surface area contributed by atoms with Crippen molar-refractivity contribution < 1.29 is 0 Å². The van der Waals surface area contributed by atoms with Gasteiger partial charge >= 0.3 is 0 Å². The number of rotatable bonds is 0. The zero-order chi connectivity index (χ0) is 14.6. The first-order valence-electron chi connectivity index (χ1n) is 10.9. The maximum atomic E-state index is 2.91. The molecule has 1 heteroatoms. The van der Waals surface area contributed by atoms with Gasteiger partial charge in [0, 0.05) is 21.7 Å². The summed E-state index contributed by atoms with van der Waals surface area (Å²) in [5.41, 5.74) is 13.1. The molecule has 0 amide bonds. The Hall–Kier alpha value is -0.715. The van der Waals surface area contributed by atoms with Crippen LogP contribution >= 0.6 is 0 Å². The molecule has 1 radical (unpaired) electrons. The van der Waals surface area contributed by atoms with Crippen LogP contribution < -0.4 is 0 Å². The minimum absolute atomic E-state index is 0.714. The quantitative estimate of drug-likeness (QED) is 0.590. The van der Waals surface area contributed by atoms with Gasteiger partial charge in [0.05, 0.1) is 0 Å². The molecule has 9 aliphatic carbocycles. The fourth-order valence-electron chi connectivity index (χ4n) is 13.9. The lowest BCUT2D eigenvalue weighted by Gasteiger charge is -3.00. The molecule has 24 heavy (non-hydrogen) atoms. The van der Waals surface area contributed by atoms with Crippen LogP contribution in [0.15, 0.2) is 33.9 Å². The molecule has 0 aromatic rings. The van der Waals surface area contributed by atoms with Gasteiger partial charge in [-0.15, -0.1) is 0 Å². The van der Waals surface area contributed by atoms with Crippen molar-refractivity contribution in [2.75, 3.05) is 0 Å².